The highest BCUT2D eigenvalue weighted by Gasteiger charge is 2.06. The average Bonchev–Trinajstić information content (AvgIpc) is 2.69. The standard InChI is InChI=1S/C20H21N3O2/c1-24-17-8-9-19(25-2)16(14-17)10-12-21-20-22-13-11-18(23-20)15-6-4-3-5-7-15/h3-9,11,13-14H,10,12H2,1-2H3,(H,21,22,23). The van der Waals surface area contributed by atoms with E-state index in [2.05, 4.69) is 15.3 Å². The number of nitrogens with one attached hydrogen (secondary N) is 1. The van der Waals surface area contributed by atoms with Gasteiger partial charge in [0.05, 0.1) is 19.9 Å². The van der Waals surface area contributed by atoms with Crippen LogP contribution in [0.2, 0.25) is 0 Å². The van der Waals surface area contributed by atoms with Crippen LogP contribution in [0.3, 0.4) is 0 Å². The van der Waals surface area contributed by atoms with E-state index < -0.39 is 0 Å². The third-order valence-corrected chi connectivity index (χ3v) is 3.89. The van der Waals surface area contributed by atoms with Crippen LogP contribution in [0.5, 0.6) is 11.5 Å². The molecule has 0 saturated heterocycles. The number of ether oxygens (including phenoxy) is 2. The summed E-state index contributed by atoms with van der Waals surface area (Å²) < 4.78 is 10.7. The molecule has 1 heterocycles. The van der Waals surface area contributed by atoms with Gasteiger partial charge in [-0.25, -0.2) is 9.97 Å². The number of hydrogen-bond acceptors (Lipinski definition) is 5. The fourth-order valence-corrected chi connectivity index (χ4v) is 2.60. The van der Waals surface area contributed by atoms with Crippen LogP contribution in [0, 0.1) is 0 Å². The number of methoxy groups -OCH3 is 2. The van der Waals surface area contributed by atoms with E-state index in [0.717, 1.165) is 34.7 Å². The van der Waals surface area contributed by atoms with Crippen molar-refractivity contribution >= 4 is 5.95 Å². The van der Waals surface area contributed by atoms with Gasteiger partial charge in [0.25, 0.3) is 0 Å². The van der Waals surface area contributed by atoms with Crippen molar-refractivity contribution in [1.82, 2.24) is 9.97 Å². The molecule has 0 saturated carbocycles. The third kappa shape index (κ3) is 4.26. The molecular weight excluding hydrogens is 314 g/mol. The smallest absolute Gasteiger partial charge is 0.223 e. The maximum Gasteiger partial charge on any atom is 0.223 e. The van der Waals surface area contributed by atoms with Gasteiger partial charge in [-0.2, -0.15) is 0 Å². The third-order valence-electron chi connectivity index (χ3n) is 3.89. The van der Waals surface area contributed by atoms with Crippen LogP contribution in [0.1, 0.15) is 5.56 Å². The molecule has 0 amide bonds. The molecule has 0 aliphatic carbocycles. The Morgan fingerprint density at radius 3 is 2.56 bits per heavy atom. The number of nitrogens with zero attached hydrogens (tertiary/aromatic N) is 2. The van der Waals surface area contributed by atoms with Crippen molar-refractivity contribution in [1.29, 1.82) is 0 Å². The summed E-state index contributed by atoms with van der Waals surface area (Å²) in [6.45, 7) is 0.696. The normalized spacial score (nSPS) is 10.3. The van der Waals surface area contributed by atoms with Crippen LogP contribution >= 0.6 is 0 Å². The van der Waals surface area contributed by atoms with E-state index >= 15 is 0 Å². The Balaban J connectivity index is 1.67. The number of hydrogen-bond donors (Lipinski definition) is 1. The summed E-state index contributed by atoms with van der Waals surface area (Å²) >= 11 is 0. The first-order valence-electron chi connectivity index (χ1n) is 8.13. The molecule has 5 nitrogen and oxygen atoms in total. The van der Waals surface area contributed by atoms with E-state index in [9.17, 15) is 0 Å². The van der Waals surface area contributed by atoms with Crippen LogP contribution in [-0.4, -0.2) is 30.7 Å². The minimum Gasteiger partial charge on any atom is -0.497 e. The highest BCUT2D eigenvalue weighted by atomic mass is 16.5. The molecule has 0 aliphatic heterocycles. The quantitative estimate of drug-likeness (QED) is 0.711. The van der Waals surface area contributed by atoms with E-state index in [1.807, 2.05) is 54.6 Å². The van der Waals surface area contributed by atoms with Gasteiger partial charge in [-0.15, -0.1) is 0 Å². The molecule has 5 heteroatoms. The first-order valence-corrected chi connectivity index (χ1v) is 8.13. The molecule has 0 spiro atoms. The Bertz CT molecular complexity index is 822. The minimum atomic E-state index is 0.614. The van der Waals surface area contributed by atoms with Gasteiger partial charge in [0.2, 0.25) is 5.95 Å². The summed E-state index contributed by atoms with van der Waals surface area (Å²) in [5, 5.41) is 3.27. The zero-order chi connectivity index (χ0) is 17.5. The number of rotatable bonds is 7. The zero-order valence-electron chi connectivity index (χ0n) is 14.4. The first-order chi connectivity index (χ1) is 12.3. The van der Waals surface area contributed by atoms with E-state index in [4.69, 9.17) is 9.47 Å². The Hall–Kier alpha value is -3.08. The van der Waals surface area contributed by atoms with Crippen molar-refractivity contribution in [3.8, 4) is 22.8 Å². The van der Waals surface area contributed by atoms with Gasteiger partial charge in [-0.05, 0) is 36.2 Å². The number of benzene rings is 2. The summed E-state index contributed by atoms with van der Waals surface area (Å²) in [4.78, 5) is 8.87. The molecule has 1 aromatic heterocycles. The van der Waals surface area contributed by atoms with Crippen LogP contribution in [0.15, 0.2) is 60.8 Å². The van der Waals surface area contributed by atoms with Crippen molar-refractivity contribution in [2.24, 2.45) is 0 Å². The summed E-state index contributed by atoms with van der Waals surface area (Å²) in [7, 11) is 3.33. The highest BCUT2D eigenvalue weighted by molar-refractivity contribution is 5.59. The largest absolute Gasteiger partial charge is 0.497 e. The van der Waals surface area contributed by atoms with E-state index in [1.54, 1.807) is 20.4 Å². The fourth-order valence-electron chi connectivity index (χ4n) is 2.60. The van der Waals surface area contributed by atoms with E-state index in [-0.39, 0.29) is 0 Å². The molecule has 0 fully saturated rings. The molecule has 0 radical (unpaired) electrons. The van der Waals surface area contributed by atoms with Crippen LogP contribution in [-0.2, 0) is 6.42 Å². The van der Waals surface area contributed by atoms with Crippen molar-refractivity contribution in [3.05, 3.63) is 66.4 Å². The predicted molar refractivity (Wildman–Crippen MR) is 99.2 cm³/mol. The van der Waals surface area contributed by atoms with Crippen LogP contribution in [0.25, 0.3) is 11.3 Å². The molecule has 0 aliphatic rings. The van der Waals surface area contributed by atoms with Crippen molar-refractivity contribution in [2.75, 3.05) is 26.1 Å². The van der Waals surface area contributed by atoms with Gasteiger partial charge in [0.15, 0.2) is 0 Å². The molecule has 128 valence electrons. The summed E-state index contributed by atoms with van der Waals surface area (Å²) in [5.74, 6) is 2.28. The molecule has 3 aromatic rings. The summed E-state index contributed by atoms with van der Waals surface area (Å²) in [6.07, 6.45) is 2.54. The van der Waals surface area contributed by atoms with Gasteiger partial charge >= 0.3 is 0 Å². The van der Waals surface area contributed by atoms with Gasteiger partial charge in [0.1, 0.15) is 11.5 Å². The van der Waals surface area contributed by atoms with Crippen LogP contribution < -0.4 is 14.8 Å². The minimum absolute atomic E-state index is 0.614. The Kier molecular flexibility index (Phi) is 5.46. The monoisotopic (exact) mass is 335 g/mol. The second-order valence-corrected chi connectivity index (χ2v) is 5.49. The van der Waals surface area contributed by atoms with Gasteiger partial charge < -0.3 is 14.8 Å². The average molecular weight is 335 g/mol. The predicted octanol–water partition coefficient (Wildman–Crippen LogP) is 3.82. The second kappa shape index (κ2) is 8.15. The highest BCUT2D eigenvalue weighted by Crippen LogP contribution is 2.24. The lowest BCUT2D eigenvalue weighted by Gasteiger charge is -2.11. The zero-order valence-corrected chi connectivity index (χ0v) is 14.4. The molecule has 25 heavy (non-hydrogen) atoms. The molecule has 3 rings (SSSR count). The maximum atomic E-state index is 5.41. The lowest BCUT2D eigenvalue weighted by molar-refractivity contribution is 0.399. The van der Waals surface area contributed by atoms with Crippen LogP contribution in [0.4, 0.5) is 5.95 Å². The van der Waals surface area contributed by atoms with Crippen molar-refractivity contribution in [2.45, 2.75) is 6.42 Å². The van der Waals surface area contributed by atoms with Crippen molar-refractivity contribution < 1.29 is 9.47 Å². The molecule has 0 bridgehead atoms. The molecule has 2 aromatic carbocycles. The molecule has 0 atom stereocenters. The fraction of sp³-hybridized carbons (Fsp3) is 0.200. The maximum absolute atomic E-state index is 5.41. The SMILES string of the molecule is COc1ccc(OC)c(CCNc2nccc(-c3ccccc3)n2)c1. The first kappa shape index (κ1) is 16.8. The number of aromatic nitrogens is 2. The summed E-state index contributed by atoms with van der Waals surface area (Å²) in [6, 6.07) is 17.8. The van der Waals surface area contributed by atoms with Crippen molar-refractivity contribution in [3.63, 3.8) is 0 Å². The molecule has 1 N–H and O–H groups in total. The topological polar surface area (TPSA) is 56.3 Å². The summed E-state index contributed by atoms with van der Waals surface area (Å²) in [5.41, 5.74) is 3.05. The van der Waals surface area contributed by atoms with E-state index in [1.165, 1.54) is 0 Å². The van der Waals surface area contributed by atoms with Gasteiger partial charge in [-0.1, -0.05) is 30.3 Å². The Morgan fingerprint density at radius 2 is 1.80 bits per heavy atom. The lowest BCUT2D eigenvalue weighted by atomic mass is 10.1. The molecular formula is C20H21N3O2. The number of anilines is 1. The Labute approximate surface area is 147 Å². The molecule has 0 unspecified atom stereocenters. The second-order valence-electron chi connectivity index (χ2n) is 5.49. The Morgan fingerprint density at radius 1 is 0.960 bits per heavy atom. The van der Waals surface area contributed by atoms with Gasteiger partial charge in [0, 0.05) is 18.3 Å². The van der Waals surface area contributed by atoms with Gasteiger partial charge in [-0.3, -0.25) is 0 Å². The van der Waals surface area contributed by atoms with E-state index in [0.29, 0.717) is 12.5 Å². The lowest BCUT2D eigenvalue weighted by Crippen LogP contribution is -2.09.